The van der Waals surface area contributed by atoms with Crippen LogP contribution in [0.2, 0.25) is 5.02 Å². The summed E-state index contributed by atoms with van der Waals surface area (Å²) in [6.45, 7) is 0.843. The van der Waals surface area contributed by atoms with E-state index in [1.54, 1.807) is 6.20 Å². The number of rotatable bonds is 1. The van der Waals surface area contributed by atoms with Gasteiger partial charge in [-0.15, -0.1) is 5.10 Å². The summed E-state index contributed by atoms with van der Waals surface area (Å²) in [5, 5.41) is 16.4. The minimum Gasteiger partial charge on any atom is -0.383 e. The van der Waals surface area contributed by atoms with Crippen LogP contribution in [-0.4, -0.2) is 22.8 Å². The van der Waals surface area contributed by atoms with Crippen molar-refractivity contribution in [2.24, 2.45) is 0 Å². The largest absolute Gasteiger partial charge is 0.383 e. The summed E-state index contributed by atoms with van der Waals surface area (Å²) in [5.74, 6) is 0.335. The van der Waals surface area contributed by atoms with Crippen molar-refractivity contribution in [2.45, 2.75) is 12.0 Å². The summed E-state index contributed by atoms with van der Waals surface area (Å²) in [6.07, 6.45) is 8.10. The van der Waals surface area contributed by atoms with Crippen LogP contribution in [0, 0.1) is 0 Å². The predicted molar refractivity (Wildman–Crippen MR) is 95.2 cm³/mol. The maximum Gasteiger partial charge on any atom is 0.116 e. The van der Waals surface area contributed by atoms with Crippen LogP contribution in [-0.2, 0) is 0 Å². The van der Waals surface area contributed by atoms with Crippen LogP contribution in [0.4, 0.5) is 0 Å². The Hall–Kier alpha value is -2.59. The van der Waals surface area contributed by atoms with E-state index in [2.05, 4.69) is 51.3 Å². The van der Waals surface area contributed by atoms with Crippen molar-refractivity contribution < 1.29 is 0 Å². The van der Waals surface area contributed by atoms with Crippen molar-refractivity contribution >= 4 is 23.4 Å². The fraction of sp³-hybridized carbons (Fsp3) is 0.158. The standard InChI is InChI=1S/C19H15ClN4/c20-14-5-3-11(4-6-14)15-10-22-19-16-13(9-21-18(15)16)2-1-12-7-8-23-24-17(12)19/h1-9,15,18,21-22H,10H2. The Balaban J connectivity index is 1.63. The second kappa shape index (κ2) is 5.21. The number of hydrogen-bond acceptors (Lipinski definition) is 4. The first kappa shape index (κ1) is 13.8. The SMILES string of the molecule is Clc1ccc(C2CNC3=C4C(=CNC42)C=Cc2ccnnc23)cc1. The van der Waals surface area contributed by atoms with Crippen LogP contribution in [0.1, 0.15) is 22.7 Å². The molecule has 2 atom stereocenters. The number of allylic oxidation sites excluding steroid dienone is 1. The van der Waals surface area contributed by atoms with Crippen LogP contribution < -0.4 is 10.6 Å². The maximum absolute atomic E-state index is 6.04. The summed E-state index contributed by atoms with van der Waals surface area (Å²) in [7, 11) is 0. The van der Waals surface area contributed by atoms with Gasteiger partial charge in [0.15, 0.2) is 0 Å². The number of fused-ring (bicyclic) bond motifs is 2. The summed E-state index contributed by atoms with van der Waals surface area (Å²) >= 11 is 6.04. The van der Waals surface area contributed by atoms with E-state index in [9.17, 15) is 0 Å². The molecular formula is C19H15ClN4. The van der Waals surface area contributed by atoms with Crippen LogP contribution >= 0.6 is 11.6 Å². The fourth-order valence-electron chi connectivity index (χ4n) is 3.78. The molecule has 3 aliphatic rings. The third-order valence-corrected chi connectivity index (χ3v) is 5.19. The first-order valence-corrected chi connectivity index (χ1v) is 8.39. The quantitative estimate of drug-likeness (QED) is 0.841. The van der Waals surface area contributed by atoms with E-state index in [0.29, 0.717) is 5.92 Å². The van der Waals surface area contributed by atoms with Gasteiger partial charge in [-0.25, -0.2) is 0 Å². The van der Waals surface area contributed by atoms with Crippen molar-refractivity contribution in [2.75, 3.05) is 6.54 Å². The van der Waals surface area contributed by atoms with Gasteiger partial charge >= 0.3 is 0 Å². The lowest BCUT2D eigenvalue weighted by atomic mass is 9.82. The lowest BCUT2D eigenvalue weighted by molar-refractivity contribution is 0.516. The topological polar surface area (TPSA) is 49.8 Å². The van der Waals surface area contributed by atoms with Gasteiger partial charge in [-0.3, -0.25) is 0 Å². The molecule has 0 saturated carbocycles. The number of benzene rings is 1. The zero-order valence-corrected chi connectivity index (χ0v) is 13.6. The molecule has 2 aliphatic heterocycles. The van der Waals surface area contributed by atoms with E-state index < -0.39 is 0 Å². The van der Waals surface area contributed by atoms with Crippen LogP contribution in [0.3, 0.4) is 0 Å². The smallest absolute Gasteiger partial charge is 0.116 e. The zero-order valence-electron chi connectivity index (χ0n) is 12.8. The van der Waals surface area contributed by atoms with Crippen LogP contribution in [0.15, 0.2) is 60.0 Å². The highest BCUT2D eigenvalue weighted by Crippen LogP contribution is 2.41. The molecule has 0 fully saturated rings. The molecule has 1 aromatic heterocycles. The molecule has 5 rings (SSSR count). The second-order valence-electron chi connectivity index (χ2n) is 6.24. The average molecular weight is 335 g/mol. The molecule has 1 aromatic carbocycles. The highest BCUT2D eigenvalue weighted by Gasteiger charge is 2.38. The molecule has 2 aromatic rings. The van der Waals surface area contributed by atoms with Crippen molar-refractivity contribution in [1.82, 2.24) is 20.8 Å². The third kappa shape index (κ3) is 2.00. The van der Waals surface area contributed by atoms with E-state index in [1.165, 1.54) is 16.7 Å². The van der Waals surface area contributed by atoms with Crippen molar-refractivity contribution in [1.29, 1.82) is 0 Å². The lowest BCUT2D eigenvalue weighted by Gasteiger charge is -2.33. The predicted octanol–water partition coefficient (Wildman–Crippen LogP) is 3.11. The summed E-state index contributed by atoms with van der Waals surface area (Å²) in [4.78, 5) is 0. The van der Waals surface area contributed by atoms with Gasteiger partial charge < -0.3 is 10.6 Å². The Kier molecular flexibility index (Phi) is 3.00. The monoisotopic (exact) mass is 334 g/mol. The normalized spacial score (nSPS) is 23.6. The van der Waals surface area contributed by atoms with E-state index in [0.717, 1.165) is 28.5 Å². The molecule has 2 unspecified atom stereocenters. The van der Waals surface area contributed by atoms with Gasteiger partial charge in [0.05, 0.1) is 17.9 Å². The minimum absolute atomic E-state index is 0.232. The molecule has 0 radical (unpaired) electrons. The van der Waals surface area contributed by atoms with E-state index >= 15 is 0 Å². The highest BCUT2D eigenvalue weighted by atomic mass is 35.5. The molecule has 5 heteroatoms. The second-order valence-corrected chi connectivity index (χ2v) is 6.68. The van der Waals surface area contributed by atoms with Crippen molar-refractivity contribution in [3.63, 3.8) is 0 Å². The van der Waals surface area contributed by atoms with Crippen molar-refractivity contribution in [3.8, 4) is 0 Å². The molecule has 24 heavy (non-hydrogen) atoms. The Morgan fingerprint density at radius 3 is 2.83 bits per heavy atom. The number of nitrogens with one attached hydrogen (secondary N) is 2. The minimum atomic E-state index is 0.232. The molecule has 4 nitrogen and oxygen atoms in total. The Labute approximate surface area is 144 Å². The number of nitrogens with zero attached hydrogens (tertiary/aromatic N) is 2. The van der Waals surface area contributed by atoms with E-state index in [4.69, 9.17) is 11.6 Å². The molecule has 118 valence electrons. The van der Waals surface area contributed by atoms with Crippen LogP contribution in [0.5, 0.6) is 0 Å². The molecule has 0 bridgehead atoms. The molecule has 2 N–H and O–H groups in total. The van der Waals surface area contributed by atoms with Gasteiger partial charge in [0.25, 0.3) is 0 Å². The Bertz CT molecular complexity index is 911. The van der Waals surface area contributed by atoms with Gasteiger partial charge in [-0.2, -0.15) is 5.10 Å². The summed E-state index contributed by atoms with van der Waals surface area (Å²) < 4.78 is 0. The van der Waals surface area contributed by atoms with Crippen molar-refractivity contribution in [3.05, 3.63) is 81.8 Å². The fourth-order valence-corrected chi connectivity index (χ4v) is 3.91. The maximum atomic E-state index is 6.04. The number of hydrogen-bond donors (Lipinski definition) is 2. The Morgan fingerprint density at radius 1 is 1.08 bits per heavy atom. The lowest BCUT2D eigenvalue weighted by Crippen LogP contribution is -2.41. The average Bonchev–Trinajstić information content (AvgIpc) is 2.97. The number of halogens is 1. The van der Waals surface area contributed by atoms with E-state index in [1.807, 2.05) is 18.2 Å². The van der Waals surface area contributed by atoms with Gasteiger partial charge in [-0.05, 0) is 29.3 Å². The van der Waals surface area contributed by atoms with Gasteiger partial charge in [0, 0.05) is 34.8 Å². The van der Waals surface area contributed by atoms with Gasteiger partial charge in [-0.1, -0.05) is 35.9 Å². The molecule has 0 spiro atoms. The summed E-state index contributed by atoms with van der Waals surface area (Å²) in [5.41, 5.74) is 6.87. The zero-order chi connectivity index (χ0) is 16.1. The van der Waals surface area contributed by atoms with Crippen LogP contribution in [0.25, 0.3) is 11.8 Å². The summed E-state index contributed by atoms with van der Waals surface area (Å²) in [6, 6.07) is 10.4. The first-order valence-electron chi connectivity index (χ1n) is 8.01. The van der Waals surface area contributed by atoms with Gasteiger partial charge in [0.1, 0.15) is 5.69 Å². The van der Waals surface area contributed by atoms with Gasteiger partial charge in [0.2, 0.25) is 0 Å². The Morgan fingerprint density at radius 2 is 1.96 bits per heavy atom. The third-order valence-electron chi connectivity index (χ3n) is 4.94. The molecule has 0 amide bonds. The first-order chi connectivity index (χ1) is 11.8. The highest BCUT2D eigenvalue weighted by molar-refractivity contribution is 6.30. The molecule has 0 saturated heterocycles. The molecule has 1 aliphatic carbocycles. The molecular weight excluding hydrogens is 320 g/mol. The number of aromatic nitrogens is 2. The van der Waals surface area contributed by atoms with E-state index in [-0.39, 0.29) is 6.04 Å². The molecule has 3 heterocycles.